The van der Waals surface area contributed by atoms with Crippen molar-refractivity contribution >= 4 is 5.97 Å². The van der Waals surface area contributed by atoms with Gasteiger partial charge in [-0.2, -0.15) is 0 Å². The number of carboxylic acid groups (broad SMARTS) is 1. The Kier molecular flexibility index (Phi) is 4.30. The predicted molar refractivity (Wildman–Crippen MR) is 74.7 cm³/mol. The highest BCUT2D eigenvalue weighted by Crippen LogP contribution is 2.31. The maximum Gasteiger partial charge on any atom is 0.304 e. The Bertz CT molecular complexity index is 469. The third-order valence-electron chi connectivity index (χ3n) is 3.40. The molecule has 1 heterocycles. The van der Waals surface area contributed by atoms with Crippen LogP contribution in [0.1, 0.15) is 31.9 Å². The van der Waals surface area contributed by atoms with E-state index in [-0.39, 0.29) is 23.9 Å². The van der Waals surface area contributed by atoms with Crippen molar-refractivity contribution in [2.24, 2.45) is 0 Å². The van der Waals surface area contributed by atoms with Gasteiger partial charge in [-0.05, 0) is 31.5 Å². The van der Waals surface area contributed by atoms with Gasteiger partial charge in [0, 0.05) is 19.6 Å². The van der Waals surface area contributed by atoms with Gasteiger partial charge in [-0.3, -0.25) is 9.69 Å². The van der Waals surface area contributed by atoms with Crippen LogP contribution < -0.4 is 0 Å². The molecule has 1 aliphatic rings. The van der Waals surface area contributed by atoms with Crippen LogP contribution in [-0.2, 0) is 9.53 Å². The van der Waals surface area contributed by atoms with E-state index in [1.165, 1.54) is 0 Å². The lowest BCUT2D eigenvalue weighted by Gasteiger charge is -2.43. The van der Waals surface area contributed by atoms with Crippen LogP contribution in [0.4, 0.5) is 0 Å². The molecule has 0 saturated carbocycles. The molecule has 0 amide bonds. The Morgan fingerprint density at radius 3 is 2.65 bits per heavy atom. The van der Waals surface area contributed by atoms with Crippen LogP contribution in [-0.4, -0.2) is 46.3 Å². The molecular formula is C15H21NO4. The summed E-state index contributed by atoms with van der Waals surface area (Å²) in [6.07, 6.45) is 0.0337. The van der Waals surface area contributed by atoms with E-state index < -0.39 is 5.97 Å². The van der Waals surface area contributed by atoms with Gasteiger partial charge in [0.25, 0.3) is 0 Å². The molecule has 5 heteroatoms. The molecule has 0 aromatic heterocycles. The lowest BCUT2D eigenvalue weighted by molar-refractivity contribution is -0.146. The number of hydrogen-bond acceptors (Lipinski definition) is 4. The van der Waals surface area contributed by atoms with Crippen LogP contribution in [0.3, 0.4) is 0 Å². The number of aliphatic carboxylic acids is 1. The molecule has 0 radical (unpaired) electrons. The highest BCUT2D eigenvalue weighted by molar-refractivity contribution is 5.66. The smallest absolute Gasteiger partial charge is 0.304 e. The van der Waals surface area contributed by atoms with E-state index in [0.717, 1.165) is 12.1 Å². The lowest BCUT2D eigenvalue weighted by Crippen LogP contribution is -2.49. The average Bonchev–Trinajstić information content (AvgIpc) is 2.35. The zero-order valence-corrected chi connectivity index (χ0v) is 11.9. The molecule has 1 unspecified atom stereocenters. The van der Waals surface area contributed by atoms with Crippen LogP contribution in [0, 0.1) is 0 Å². The largest absolute Gasteiger partial charge is 0.508 e. The van der Waals surface area contributed by atoms with Gasteiger partial charge >= 0.3 is 5.97 Å². The van der Waals surface area contributed by atoms with Crippen molar-refractivity contribution in [3.05, 3.63) is 29.8 Å². The first-order valence-electron chi connectivity index (χ1n) is 6.77. The van der Waals surface area contributed by atoms with Crippen molar-refractivity contribution in [2.45, 2.75) is 32.0 Å². The third kappa shape index (κ3) is 3.95. The Labute approximate surface area is 118 Å². The van der Waals surface area contributed by atoms with E-state index in [2.05, 4.69) is 4.90 Å². The molecule has 2 rings (SSSR count). The molecule has 20 heavy (non-hydrogen) atoms. The fourth-order valence-corrected chi connectivity index (χ4v) is 2.58. The van der Waals surface area contributed by atoms with E-state index in [1.54, 1.807) is 12.1 Å². The van der Waals surface area contributed by atoms with Crippen molar-refractivity contribution < 1.29 is 19.7 Å². The van der Waals surface area contributed by atoms with Gasteiger partial charge in [-0.1, -0.05) is 12.1 Å². The topological polar surface area (TPSA) is 70.0 Å². The van der Waals surface area contributed by atoms with Gasteiger partial charge in [0.1, 0.15) is 5.75 Å². The van der Waals surface area contributed by atoms with E-state index in [4.69, 9.17) is 9.84 Å². The predicted octanol–water partition coefficient (Wildman–Crippen LogP) is 2.02. The summed E-state index contributed by atoms with van der Waals surface area (Å²) in [7, 11) is 0. The summed E-state index contributed by atoms with van der Waals surface area (Å²) in [6, 6.07) is 6.97. The molecule has 1 atom stereocenters. The lowest BCUT2D eigenvalue weighted by atomic mass is 10.0. The molecule has 1 aromatic carbocycles. The molecule has 1 saturated heterocycles. The number of hydrogen-bond donors (Lipinski definition) is 2. The summed E-state index contributed by atoms with van der Waals surface area (Å²) in [4.78, 5) is 12.8. The maximum atomic E-state index is 10.7. The number of aromatic hydroxyl groups is 1. The van der Waals surface area contributed by atoms with E-state index >= 15 is 0 Å². The number of ether oxygens (including phenoxy) is 1. The summed E-state index contributed by atoms with van der Waals surface area (Å²) in [5.74, 6) is -0.554. The number of carbonyl (C=O) groups is 1. The molecule has 1 aliphatic heterocycles. The van der Waals surface area contributed by atoms with Crippen LogP contribution in [0.2, 0.25) is 0 Å². The number of benzene rings is 1. The first-order chi connectivity index (χ1) is 9.35. The molecule has 1 aromatic rings. The minimum Gasteiger partial charge on any atom is -0.508 e. The van der Waals surface area contributed by atoms with Crippen molar-refractivity contribution in [3.8, 4) is 5.75 Å². The molecule has 0 bridgehead atoms. The quantitative estimate of drug-likeness (QED) is 0.882. The second-order valence-electron chi connectivity index (χ2n) is 5.84. The zero-order chi connectivity index (χ0) is 14.8. The molecule has 0 aliphatic carbocycles. The Morgan fingerprint density at radius 2 is 2.05 bits per heavy atom. The first-order valence-corrected chi connectivity index (χ1v) is 6.77. The standard InChI is InChI=1S/C15H21NO4/c1-15(2)10-16(8-7-14(18)19)9-13(20-15)11-3-5-12(17)6-4-11/h3-6,13,17H,7-10H2,1-2H3,(H,18,19). The molecule has 2 N–H and O–H groups in total. The monoisotopic (exact) mass is 279 g/mol. The molecule has 110 valence electrons. The molecule has 5 nitrogen and oxygen atoms in total. The summed E-state index contributed by atoms with van der Waals surface area (Å²) in [5.41, 5.74) is 0.676. The van der Waals surface area contributed by atoms with Crippen molar-refractivity contribution in [1.82, 2.24) is 4.90 Å². The second kappa shape index (κ2) is 5.81. The summed E-state index contributed by atoms with van der Waals surface area (Å²) < 4.78 is 6.07. The van der Waals surface area contributed by atoms with E-state index in [0.29, 0.717) is 13.1 Å². The van der Waals surface area contributed by atoms with E-state index in [1.807, 2.05) is 26.0 Å². The molecular weight excluding hydrogens is 258 g/mol. The van der Waals surface area contributed by atoms with Gasteiger partial charge in [0.15, 0.2) is 0 Å². The maximum absolute atomic E-state index is 10.7. The van der Waals surface area contributed by atoms with Crippen molar-refractivity contribution in [1.29, 1.82) is 0 Å². The Hall–Kier alpha value is -1.59. The second-order valence-corrected chi connectivity index (χ2v) is 5.84. The van der Waals surface area contributed by atoms with Gasteiger partial charge in [-0.15, -0.1) is 0 Å². The minimum absolute atomic E-state index is 0.104. The van der Waals surface area contributed by atoms with Gasteiger partial charge in [0.05, 0.1) is 18.1 Å². The van der Waals surface area contributed by atoms with Gasteiger partial charge in [0.2, 0.25) is 0 Å². The van der Waals surface area contributed by atoms with Crippen LogP contribution >= 0.6 is 0 Å². The van der Waals surface area contributed by atoms with Crippen LogP contribution in [0.25, 0.3) is 0 Å². The van der Waals surface area contributed by atoms with Gasteiger partial charge < -0.3 is 14.9 Å². The molecule has 0 spiro atoms. The Balaban J connectivity index is 2.08. The molecule has 1 fully saturated rings. The Morgan fingerprint density at radius 1 is 1.40 bits per heavy atom. The summed E-state index contributed by atoms with van der Waals surface area (Å²) in [5, 5.41) is 18.1. The van der Waals surface area contributed by atoms with Crippen molar-refractivity contribution in [2.75, 3.05) is 19.6 Å². The fourth-order valence-electron chi connectivity index (χ4n) is 2.58. The van der Waals surface area contributed by atoms with E-state index in [9.17, 15) is 9.90 Å². The number of phenolic OH excluding ortho intramolecular Hbond substituents is 1. The zero-order valence-electron chi connectivity index (χ0n) is 11.9. The number of nitrogens with zero attached hydrogens (tertiary/aromatic N) is 1. The fraction of sp³-hybridized carbons (Fsp3) is 0.533. The SMILES string of the molecule is CC1(C)CN(CCC(=O)O)CC(c2ccc(O)cc2)O1. The highest BCUT2D eigenvalue weighted by atomic mass is 16.5. The van der Waals surface area contributed by atoms with Gasteiger partial charge in [-0.25, -0.2) is 0 Å². The number of morpholine rings is 1. The van der Waals surface area contributed by atoms with Crippen LogP contribution in [0.5, 0.6) is 5.75 Å². The highest BCUT2D eigenvalue weighted by Gasteiger charge is 2.34. The summed E-state index contributed by atoms with van der Waals surface area (Å²) >= 11 is 0. The number of carboxylic acids is 1. The van der Waals surface area contributed by atoms with Crippen LogP contribution in [0.15, 0.2) is 24.3 Å². The summed E-state index contributed by atoms with van der Waals surface area (Å²) in [6.45, 7) is 5.92. The van der Waals surface area contributed by atoms with Crippen molar-refractivity contribution in [3.63, 3.8) is 0 Å². The minimum atomic E-state index is -0.782. The average molecular weight is 279 g/mol. The number of rotatable bonds is 4. The third-order valence-corrected chi connectivity index (χ3v) is 3.40. The number of phenols is 1. The normalized spacial score (nSPS) is 22.6. The first kappa shape index (κ1) is 14.8.